The molecule has 2 N–H and O–H groups in total. The third-order valence-electron chi connectivity index (χ3n) is 2.73. The molecule has 2 amide bonds. The zero-order valence-corrected chi connectivity index (χ0v) is 11.8. The monoisotopic (exact) mass is 290 g/mol. The van der Waals surface area contributed by atoms with E-state index in [-0.39, 0.29) is 6.03 Å². The number of nitrogens with one attached hydrogen (secondary N) is 2. The van der Waals surface area contributed by atoms with E-state index in [0.717, 1.165) is 11.3 Å². The van der Waals surface area contributed by atoms with E-state index < -0.39 is 0 Å². The lowest BCUT2D eigenvalue weighted by molar-refractivity contribution is 0.251. The highest BCUT2D eigenvalue weighted by Gasteiger charge is 2.05. The molecule has 0 bridgehead atoms. The molecule has 4 nitrogen and oxygen atoms in total. The number of amides is 2. The maximum atomic E-state index is 11.8. The molecule has 20 heavy (non-hydrogen) atoms. The van der Waals surface area contributed by atoms with Gasteiger partial charge < -0.3 is 15.4 Å². The highest BCUT2D eigenvalue weighted by Crippen LogP contribution is 2.17. The molecule has 0 spiro atoms. The average Bonchev–Trinajstić information content (AvgIpc) is 2.48. The summed E-state index contributed by atoms with van der Waals surface area (Å²) in [6, 6.07) is 14.2. The Bertz CT molecular complexity index is 585. The number of urea groups is 1. The zero-order valence-electron chi connectivity index (χ0n) is 11.0. The Labute approximate surface area is 122 Å². The van der Waals surface area contributed by atoms with Gasteiger partial charge in [-0.3, -0.25) is 0 Å². The third-order valence-corrected chi connectivity index (χ3v) is 2.99. The second-order valence-electron chi connectivity index (χ2n) is 4.13. The summed E-state index contributed by atoms with van der Waals surface area (Å²) in [4.78, 5) is 11.8. The molecule has 5 heteroatoms. The van der Waals surface area contributed by atoms with Crippen LogP contribution in [-0.2, 0) is 6.54 Å². The van der Waals surface area contributed by atoms with Crippen molar-refractivity contribution >= 4 is 23.3 Å². The number of halogens is 1. The quantitative estimate of drug-likeness (QED) is 0.902. The molecule has 2 rings (SSSR count). The number of carbonyl (C=O) groups is 1. The van der Waals surface area contributed by atoms with E-state index in [9.17, 15) is 4.79 Å². The number of hydrogen-bond donors (Lipinski definition) is 2. The zero-order chi connectivity index (χ0) is 14.4. The molecule has 0 aliphatic rings. The number of rotatable bonds is 4. The van der Waals surface area contributed by atoms with Crippen molar-refractivity contribution in [2.24, 2.45) is 0 Å². The van der Waals surface area contributed by atoms with Crippen molar-refractivity contribution in [3.8, 4) is 5.75 Å². The van der Waals surface area contributed by atoms with E-state index in [0.29, 0.717) is 17.3 Å². The van der Waals surface area contributed by atoms with Crippen LogP contribution in [0, 0.1) is 0 Å². The van der Waals surface area contributed by atoms with Crippen LogP contribution in [0.1, 0.15) is 5.56 Å². The number of anilines is 1. The van der Waals surface area contributed by atoms with Crippen molar-refractivity contribution in [2.45, 2.75) is 6.54 Å². The van der Waals surface area contributed by atoms with Crippen molar-refractivity contribution in [3.05, 3.63) is 59.1 Å². The molecule has 0 aliphatic heterocycles. The number of ether oxygens (including phenoxy) is 1. The van der Waals surface area contributed by atoms with Gasteiger partial charge in [0.2, 0.25) is 0 Å². The Morgan fingerprint density at radius 1 is 1.15 bits per heavy atom. The predicted molar refractivity (Wildman–Crippen MR) is 80.3 cm³/mol. The first-order valence-corrected chi connectivity index (χ1v) is 6.49. The first-order chi connectivity index (χ1) is 9.69. The molecule has 0 heterocycles. The summed E-state index contributed by atoms with van der Waals surface area (Å²) in [5, 5.41) is 6.13. The van der Waals surface area contributed by atoms with Crippen LogP contribution < -0.4 is 15.4 Å². The standard InChI is InChI=1S/C15H15ClN2O2/c1-20-14-5-3-2-4-11(14)10-17-15(19)18-13-8-6-12(16)7-9-13/h2-9H,10H2,1H3,(H2,17,18,19). The second kappa shape index (κ2) is 6.82. The molecule has 0 unspecified atom stereocenters. The van der Waals surface area contributed by atoms with E-state index in [4.69, 9.17) is 16.3 Å². The summed E-state index contributed by atoms with van der Waals surface area (Å²) < 4.78 is 5.22. The topological polar surface area (TPSA) is 50.4 Å². The maximum absolute atomic E-state index is 11.8. The number of hydrogen-bond acceptors (Lipinski definition) is 2. The summed E-state index contributed by atoms with van der Waals surface area (Å²) in [7, 11) is 1.60. The SMILES string of the molecule is COc1ccccc1CNC(=O)Nc1ccc(Cl)cc1. The lowest BCUT2D eigenvalue weighted by atomic mass is 10.2. The fourth-order valence-corrected chi connectivity index (χ4v) is 1.86. The van der Waals surface area contributed by atoms with Crippen LogP contribution in [0.25, 0.3) is 0 Å². The summed E-state index contributed by atoms with van der Waals surface area (Å²) in [5.41, 5.74) is 1.60. The van der Waals surface area contributed by atoms with Crippen molar-refractivity contribution < 1.29 is 9.53 Å². The summed E-state index contributed by atoms with van der Waals surface area (Å²) in [5.74, 6) is 0.749. The Morgan fingerprint density at radius 3 is 2.55 bits per heavy atom. The van der Waals surface area contributed by atoms with Crippen molar-refractivity contribution in [1.29, 1.82) is 0 Å². The lowest BCUT2D eigenvalue weighted by Gasteiger charge is -2.10. The van der Waals surface area contributed by atoms with Crippen LogP contribution in [0.4, 0.5) is 10.5 Å². The van der Waals surface area contributed by atoms with Gasteiger partial charge in [0, 0.05) is 22.8 Å². The van der Waals surface area contributed by atoms with Gasteiger partial charge in [-0.15, -0.1) is 0 Å². The minimum atomic E-state index is -0.279. The fourth-order valence-electron chi connectivity index (χ4n) is 1.73. The molecule has 104 valence electrons. The molecule has 0 saturated heterocycles. The van der Waals surface area contributed by atoms with Gasteiger partial charge in [0.15, 0.2) is 0 Å². The van der Waals surface area contributed by atoms with Crippen molar-refractivity contribution in [3.63, 3.8) is 0 Å². The average molecular weight is 291 g/mol. The normalized spacial score (nSPS) is 9.90. The first kappa shape index (κ1) is 14.2. The van der Waals surface area contributed by atoms with Crippen molar-refractivity contribution in [2.75, 3.05) is 12.4 Å². The van der Waals surface area contributed by atoms with Gasteiger partial charge in [0.05, 0.1) is 7.11 Å². The number of methoxy groups -OCH3 is 1. The predicted octanol–water partition coefficient (Wildman–Crippen LogP) is 3.67. The van der Waals surface area contributed by atoms with E-state index in [1.165, 1.54) is 0 Å². The van der Waals surface area contributed by atoms with Crippen LogP contribution in [-0.4, -0.2) is 13.1 Å². The molecule has 0 fully saturated rings. The van der Waals surface area contributed by atoms with Gasteiger partial charge in [0.1, 0.15) is 5.75 Å². The molecule has 0 radical (unpaired) electrons. The molecule has 2 aromatic rings. The number of para-hydroxylation sites is 1. The summed E-state index contributed by atoms with van der Waals surface area (Å²) >= 11 is 5.78. The van der Waals surface area contributed by atoms with Gasteiger partial charge in [-0.1, -0.05) is 29.8 Å². The van der Waals surface area contributed by atoms with Crippen molar-refractivity contribution in [1.82, 2.24) is 5.32 Å². The van der Waals surface area contributed by atoms with E-state index in [2.05, 4.69) is 10.6 Å². The van der Waals surface area contributed by atoms with Crippen LogP contribution >= 0.6 is 11.6 Å². The molecule has 2 aromatic carbocycles. The molecule has 0 aromatic heterocycles. The number of benzene rings is 2. The highest BCUT2D eigenvalue weighted by atomic mass is 35.5. The van der Waals surface area contributed by atoms with E-state index in [1.54, 1.807) is 31.4 Å². The van der Waals surface area contributed by atoms with Crippen LogP contribution in [0.15, 0.2) is 48.5 Å². The molecule has 0 aliphatic carbocycles. The van der Waals surface area contributed by atoms with Gasteiger partial charge in [-0.2, -0.15) is 0 Å². The fraction of sp³-hybridized carbons (Fsp3) is 0.133. The third kappa shape index (κ3) is 3.90. The van der Waals surface area contributed by atoms with E-state index >= 15 is 0 Å². The Hall–Kier alpha value is -2.20. The Kier molecular flexibility index (Phi) is 4.85. The molecule has 0 saturated carbocycles. The highest BCUT2D eigenvalue weighted by molar-refractivity contribution is 6.30. The van der Waals surface area contributed by atoms with Crippen LogP contribution in [0.5, 0.6) is 5.75 Å². The molecule has 0 atom stereocenters. The number of carbonyl (C=O) groups excluding carboxylic acids is 1. The summed E-state index contributed by atoms with van der Waals surface area (Å²) in [6.45, 7) is 0.392. The Balaban J connectivity index is 1.90. The minimum absolute atomic E-state index is 0.279. The van der Waals surface area contributed by atoms with Gasteiger partial charge in [0.25, 0.3) is 0 Å². The van der Waals surface area contributed by atoms with E-state index in [1.807, 2.05) is 24.3 Å². The van der Waals surface area contributed by atoms with Gasteiger partial charge in [-0.05, 0) is 30.3 Å². The summed E-state index contributed by atoms with van der Waals surface area (Å²) in [6.07, 6.45) is 0. The van der Waals surface area contributed by atoms with Gasteiger partial charge >= 0.3 is 6.03 Å². The first-order valence-electron chi connectivity index (χ1n) is 6.11. The van der Waals surface area contributed by atoms with Gasteiger partial charge in [-0.25, -0.2) is 4.79 Å². The lowest BCUT2D eigenvalue weighted by Crippen LogP contribution is -2.28. The largest absolute Gasteiger partial charge is 0.496 e. The molecular formula is C15H15ClN2O2. The van der Waals surface area contributed by atoms with Crippen LogP contribution in [0.3, 0.4) is 0 Å². The minimum Gasteiger partial charge on any atom is -0.496 e. The van der Waals surface area contributed by atoms with Crippen LogP contribution in [0.2, 0.25) is 5.02 Å². The smallest absolute Gasteiger partial charge is 0.319 e. The maximum Gasteiger partial charge on any atom is 0.319 e. The molecular weight excluding hydrogens is 276 g/mol. The second-order valence-corrected chi connectivity index (χ2v) is 4.56. The Morgan fingerprint density at radius 2 is 1.85 bits per heavy atom.